The van der Waals surface area contributed by atoms with Crippen molar-refractivity contribution >= 4 is 11.6 Å². The van der Waals surface area contributed by atoms with Crippen LogP contribution in [0.4, 0.5) is 0 Å². The predicted octanol–water partition coefficient (Wildman–Crippen LogP) is 3.24. The van der Waals surface area contributed by atoms with Crippen LogP contribution >= 0.6 is 11.6 Å². The Morgan fingerprint density at radius 1 is 1.25 bits per heavy atom. The van der Waals surface area contributed by atoms with E-state index in [1.807, 2.05) is 24.3 Å². The van der Waals surface area contributed by atoms with E-state index in [-0.39, 0.29) is 6.10 Å². The molecule has 1 atom stereocenters. The molecule has 0 heterocycles. The molecule has 1 N–H and O–H groups in total. The van der Waals surface area contributed by atoms with Gasteiger partial charge in [-0.3, -0.25) is 0 Å². The normalized spacial score (nSPS) is 13.1. The van der Waals surface area contributed by atoms with Crippen LogP contribution in [0.25, 0.3) is 0 Å². The van der Waals surface area contributed by atoms with Gasteiger partial charge in [0.25, 0.3) is 0 Å². The largest absolute Gasteiger partial charge is 0.372 e. The highest BCUT2D eigenvalue weighted by molar-refractivity contribution is 6.31. The molecule has 0 aliphatic heterocycles. The quantitative estimate of drug-likeness (QED) is 0.826. The van der Waals surface area contributed by atoms with Crippen molar-refractivity contribution < 1.29 is 4.74 Å². The number of halogens is 1. The first kappa shape index (κ1) is 13.5. The van der Waals surface area contributed by atoms with Gasteiger partial charge >= 0.3 is 0 Å². The zero-order chi connectivity index (χ0) is 12.0. The van der Waals surface area contributed by atoms with Gasteiger partial charge in [0.1, 0.15) is 0 Å². The first-order valence-electron chi connectivity index (χ1n) is 5.68. The van der Waals surface area contributed by atoms with E-state index in [9.17, 15) is 0 Å². The molecule has 0 spiro atoms. The standard InChI is InChI=1S/C13H20ClNO/c1-10(2)15-8-11(3)16-9-12-6-4-5-7-13(12)14/h4-7,10-11,15H,8-9H2,1-3H3. The first-order valence-corrected chi connectivity index (χ1v) is 6.05. The molecule has 90 valence electrons. The molecule has 1 unspecified atom stereocenters. The summed E-state index contributed by atoms with van der Waals surface area (Å²) >= 11 is 6.04. The van der Waals surface area contributed by atoms with E-state index < -0.39 is 0 Å². The predicted molar refractivity (Wildman–Crippen MR) is 68.8 cm³/mol. The summed E-state index contributed by atoms with van der Waals surface area (Å²) in [5.74, 6) is 0. The van der Waals surface area contributed by atoms with Gasteiger partial charge in [-0.05, 0) is 18.6 Å². The van der Waals surface area contributed by atoms with E-state index in [0.29, 0.717) is 12.6 Å². The Hall–Kier alpha value is -0.570. The molecule has 1 aromatic carbocycles. The maximum Gasteiger partial charge on any atom is 0.0735 e. The van der Waals surface area contributed by atoms with E-state index in [1.165, 1.54) is 0 Å². The molecule has 0 aliphatic rings. The van der Waals surface area contributed by atoms with Gasteiger partial charge in [-0.15, -0.1) is 0 Å². The van der Waals surface area contributed by atoms with Crippen molar-refractivity contribution in [3.8, 4) is 0 Å². The van der Waals surface area contributed by atoms with E-state index in [1.54, 1.807) is 0 Å². The minimum Gasteiger partial charge on any atom is -0.372 e. The van der Waals surface area contributed by atoms with Crippen LogP contribution < -0.4 is 5.32 Å². The monoisotopic (exact) mass is 241 g/mol. The second kappa shape index (κ2) is 6.89. The van der Waals surface area contributed by atoms with Crippen molar-refractivity contribution in [2.45, 2.75) is 39.5 Å². The van der Waals surface area contributed by atoms with Crippen molar-refractivity contribution in [2.24, 2.45) is 0 Å². The van der Waals surface area contributed by atoms with E-state index >= 15 is 0 Å². The molecular formula is C13H20ClNO. The van der Waals surface area contributed by atoms with Crippen molar-refractivity contribution in [1.29, 1.82) is 0 Å². The number of ether oxygens (including phenoxy) is 1. The molecule has 1 rings (SSSR count). The lowest BCUT2D eigenvalue weighted by molar-refractivity contribution is 0.0521. The van der Waals surface area contributed by atoms with E-state index in [2.05, 4.69) is 26.1 Å². The third-order valence-electron chi connectivity index (χ3n) is 2.29. The van der Waals surface area contributed by atoms with Crippen LogP contribution in [0.3, 0.4) is 0 Å². The Morgan fingerprint density at radius 3 is 2.56 bits per heavy atom. The van der Waals surface area contributed by atoms with Crippen LogP contribution in [0.2, 0.25) is 5.02 Å². The highest BCUT2D eigenvalue weighted by Gasteiger charge is 2.05. The Labute approximate surface area is 103 Å². The summed E-state index contributed by atoms with van der Waals surface area (Å²) < 4.78 is 5.71. The summed E-state index contributed by atoms with van der Waals surface area (Å²) in [6.45, 7) is 7.75. The zero-order valence-corrected chi connectivity index (χ0v) is 10.9. The third-order valence-corrected chi connectivity index (χ3v) is 2.66. The van der Waals surface area contributed by atoms with Crippen LogP contribution in [-0.2, 0) is 11.3 Å². The smallest absolute Gasteiger partial charge is 0.0735 e. The molecule has 0 fully saturated rings. The van der Waals surface area contributed by atoms with Crippen LogP contribution in [-0.4, -0.2) is 18.7 Å². The fraction of sp³-hybridized carbons (Fsp3) is 0.538. The van der Waals surface area contributed by atoms with E-state index in [4.69, 9.17) is 16.3 Å². The molecule has 0 saturated carbocycles. The fourth-order valence-electron chi connectivity index (χ4n) is 1.31. The fourth-order valence-corrected chi connectivity index (χ4v) is 1.50. The average Bonchev–Trinajstić information content (AvgIpc) is 2.25. The summed E-state index contributed by atoms with van der Waals surface area (Å²) in [7, 11) is 0. The van der Waals surface area contributed by atoms with Crippen LogP contribution in [0, 0.1) is 0 Å². The number of rotatable bonds is 6. The highest BCUT2D eigenvalue weighted by atomic mass is 35.5. The second-order valence-corrected chi connectivity index (χ2v) is 4.68. The van der Waals surface area contributed by atoms with Gasteiger partial charge in [-0.25, -0.2) is 0 Å². The topological polar surface area (TPSA) is 21.3 Å². The van der Waals surface area contributed by atoms with Crippen LogP contribution in [0.15, 0.2) is 24.3 Å². The molecule has 0 amide bonds. The minimum atomic E-state index is 0.193. The zero-order valence-electron chi connectivity index (χ0n) is 10.2. The second-order valence-electron chi connectivity index (χ2n) is 4.28. The SMILES string of the molecule is CC(C)NCC(C)OCc1ccccc1Cl. The first-order chi connectivity index (χ1) is 7.59. The molecule has 0 radical (unpaired) electrons. The molecule has 0 aromatic heterocycles. The summed E-state index contributed by atoms with van der Waals surface area (Å²) in [5, 5.41) is 4.11. The van der Waals surface area contributed by atoms with Gasteiger partial charge in [0.15, 0.2) is 0 Å². The lowest BCUT2D eigenvalue weighted by Crippen LogP contribution is -2.31. The van der Waals surface area contributed by atoms with Gasteiger partial charge in [0.2, 0.25) is 0 Å². The maximum atomic E-state index is 6.04. The number of hydrogen-bond donors (Lipinski definition) is 1. The summed E-state index contributed by atoms with van der Waals surface area (Å²) in [5.41, 5.74) is 1.04. The minimum absolute atomic E-state index is 0.193. The number of benzene rings is 1. The molecule has 0 saturated heterocycles. The molecule has 3 heteroatoms. The molecule has 2 nitrogen and oxygen atoms in total. The van der Waals surface area contributed by atoms with Gasteiger partial charge < -0.3 is 10.1 Å². The van der Waals surface area contributed by atoms with Gasteiger partial charge in [0, 0.05) is 17.6 Å². The van der Waals surface area contributed by atoms with Crippen molar-refractivity contribution in [1.82, 2.24) is 5.32 Å². The average molecular weight is 242 g/mol. The Balaban J connectivity index is 2.31. The number of hydrogen-bond acceptors (Lipinski definition) is 2. The van der Waals surface area contributed by atoms with Crippen molar-refractivity contribution in [2.75, 3.05) is 6.54 Å². The molecular weight excluding hydrogens is 222 g/mol. The maximum absolute atomic E-state index is 6.04. The molecule has 0 bridgehead atoms. The third kappa shape index (κ3) is 4.97. The van der Waals surface area contributed by atoms with Crippen LogP contribution in [0.5, 0.6) is 0 Å². The van der Waals surface area contributed by atoms with Gasteiger partial charge in [-0.1, -0.05) is 43.6 Å². The van der Waals surface area contributed by atoms with Gasteiger partial charge in [0.05, 0.1) is 12.7 Å². The highest BCUT2D eigenvalue weighted by Crippen LogP contribution is 2.16. The summed E-state index contributed by atoms with van der Waals surface area (Å²) in [6, 6.07) is 8.27. The Morgan fingerprint density at radius 2 is 1.94 bits per heavy atom. The van der Waals surface area contributed by atoms with Gasteiger partial charge in [-0.2, -0.15) is 0 Å². The summed E-state index contributed by atoms with van der Waals surface area (Å²) in [6.07, 6.45) is 0.193. The van der Waals surface area contributed by atoms with E-state index in [0.717, 1.165) is 17.1 Å². The van der Waals surface area contributed by atoms with Crippen molar-refractivity contribution in [3.63, 3.8) is 0 Å². The lowest BCUT2D eigenvalue weighted by atomic mass is 10.2. The number of nitrogens with one attached hydrogen (secondary N) is 1. The van der Waals surface area contributed by atoms with Crippen molar-refractivity contribution in [3.05, 3.63) is 34.9 Å². The van der Waals surface area contributed by atoms with Crippen LogP contribution in [0.1, 0.15) is 26.3 Å². The Bertz CT molecular complexity index is 315. The molecule has 16 heavy (non-hydrogen) atoms. The molecule has 1 aromatic rings. The molecule has 0 aliphatic carbocycles. The Kier molecular flexibility index (Phi) is 5.81. The lowest BCUT2D eigenvalue weighted by Gasteiger charge is -2.16. The summed E-state index contributed by atoms with van der Waals surface area (Å²) in [4.78, 5) is 0.